The van der Waals surface area contributed by atoms with E-state index < -0.39 is 0 Å². The zero-order valence-corrected chi connectivity index (χ0v) is 21.6. The predicted octanol–water partition coefficient (Wildman–Crippen LogP) is 7.94. The van der Waals surface area contributed by atoms with Gasteiger partial charge in [-0.1, -0.05) is 51.9 Å². The van der Waals surface area contributed by atoms with Gasteiger partial charge in [0.1, 0.15) is 0 Å². The molecule has 0 aromatic heterocycles. The Labute approximate surface area is 204 Å². The Balaban J connectivity index is 1.94. The second-order valence-corrected chi connectivity index (χ2v) is 10.1. The van der Waals surface area contributed by atoms with Crippen LogP contribution in [0.15, 0.2) is 41.3 Å². The molecule has 0 saturated heterocycles. The molecule has 2 nitrogen and oxygen atoms in total. The van der Waals surface area contributed by atoms with Gasteiger partial charge in [0.15, 0.2) is 0 Å². The summed E-state index contributed by atoms with van der Waals surface area (Å²) in [4.78, 5) is 13.4. The van der Waals surface area contributed by atoms with Gasteiger partial charge < -0.3 is 4.74 Å². The Hall–Kier alpha value is -2.18. The van der Waals surface area contributed by atoms with Crippen molar-refractivity contribution in [2.75, 3.05) is 12.4 Å². The molecule has 3 rings (SSSR count). The molecular formula is C30H38O2S. The van der Waals surface area contributed by atoms with Crippen molar-refractivity contribution in [1.82, 2.24) is 0 Å². The second kappa shape index (κ2) is 12.3. The second-order valence-electron chi connectivity index (χ2n) is 8.95. The first-order valence-corrected chi connectivity index (χ1v) is 13.6. The highest BCUT2D eigenvalue weighted by atomic mass is 32.2. The van der Waals surface area contributed by atoms with Gasteiger partial charge in [0, 0.05) is 16.0 Å². The van der Waals surface area contributed by atoms with E-state index in [1.807, 2.05) is 30.8 Å². The third-order valence-corrected chi connectivity index (χ3v) is 8.06. The molecular weight excluding hydrogens is 424 g/mol. The van der Waals surface area contributed by atoms with E-state index in [4.69, 9.17) is 4.74 Å². The van der Waals surface area contributed by atoms with Gasteiger partial charge in [-0.25, -0.2) is 4.79 Å². The molecule has 2 aromatic carbocycles. The number of benzene rings is 2. The maximum Gasteiger partial charge on any atom is 0.338 e. The van der Waals surface area contributed by atoms with Crippen LogP contribution in [0.1, 0.15) is 105 Å². The van der Waals surface area contributed by atoms with Crippen LogP contribution in [0.2, 0.25) is 0 Å². The molecule has 0 amide bonds. The van der Waals surface area contributed by atoms with Gasteiger partial charge in [-0.3, -0.25) is 0 Å². The summed E-state index contributed by atoms with van der Waals surface area (Å²) in [6.45, 7) is 9.13. The van der Waals surface area contributed by atoms with E-state index in [2.05, 4.69) is 44.7 Å². The minimum absolute atomic E-state index is 0.277. The molecule has 0 radical (unpaired) electrons. The number of hydrogen-bond acceptors (Lipinski definition) is 3. The van der Waals surface area contributed by atoms with E-state index in [9.17, 15) is 4.79 Å². The molecule has 0 unspecified atom stereocenters. The lowest BCUT2D eigenvalue weighted by atomic mass is 9.72. The number of unbranched alkanes of at least 4 members (excludes halogenated alkanes) is 3. The average Bonchev–Trinajstić information content (AvgIpc) is 2.85. The lowest BCUT2D eigenvalue weighted by Gasteiger charge is -2.38. The largest absolute Gasteiger partial charge is 0.462 e. The summed E-state index contributed by atoms with van der Waals surface area (Å²) in [6, 6.07) is 12.3. The lowest BCUT2D eigenvalue weighted by molar-refractivity contribution is 0.0526. The monoisotopic (exact) mass is 462 g/mol. The van der Waals surface area contributed by atoms with Crippen LogP contribution in [-0.4, -0.2) is 18.3 Å². The van der Waals surface area contributed by atoms with Gasteiger partial charge in [-0.15, -0.1) is 11.8 Å². The number of carbonyl (C=O) groups excluding carboxylic acids is 1. The third kappa shape index (κ3) is 6.24. The third-order valence-electron chi connectivity index (χ3n) is 7.01. The van der Waals surface area contributed by atoms with Crippen LogP contribution >= 0.6 is 11.8 Å². The molecule has 0 atom stereocenters. The first-order chi connectivity index (χ1) is 16.1. The number of esters is 1. The summed E-state index contributed by atoms with van der Waals surface area (Å²) in [5.74, 6) is 7.79. The molecule has 1 aliphatic rings. The summed E-state index contributed by atoms with van der Waals surface area (Å²) in [7, 11) is 0. The number of thioether (sulfide) groups is 1. The van der Waals surface area contributed by atoms with Crippen LogP contribution in [-0.2, 0) is 16.6 Å². The van der Waals surface area contributed by atoms with Crippen LogP contribution in [0.5, 0.6) is 0 Å². The van der Waals surface area contributed by atoms with E-state index in [1.165, 1.54) is 72.3 Å². The van der Waals surface area contributed by atoms with Crippen molar-refractivity contribution in [2.24, 2.45) is 0 Å². The van der Waals surface area contributed by atoms with Gasteiger partial charge in [-0.05, 0) is 97.7 Å². The van der Waals surface area contributed by atoms with E-state index in [1.54, 1.807) is 12.1 Å². The maximum absolute atomic E-state index is 11.9. The van der Waals surface area contributed by atoms with Crippen LogP contribution < -0.4 is 0 Å². The first-order valence-electron chi connectivity index (χ1n) is 12.7. The molecule has 0 N–H and O–H groups in total. The summed E-state index contributed by atoms with van der Waals surface area (Å²) in [6.07, 6.45) is 9.72. The SMILES string of the molecule is CCCCCCc1cc2c(cc1C#Cc1ccc(C(=O)OCC)cc1)C(CC)(CC)CCS2. The quantitative estimate of drug-likeness (QED) is 0.215. The van der Waals surface area contributed by atoms with Crippen LogP contribution in [0.25, 0.3) is 0 Å². The Bertz CT molecular complexity index is 990. The number of ether oxygens (including phenoxy) is 1. The number of carbonyl (C=O) groups is 1. The van der Waals surface area contributed by atoms with E-state index >= 15 is 0 Å². The zero-order chi connectivity index (χ0) is 23.7. The fourth-order valence-corrected chi connectivity index (χ4v) is 6.11. The number of hydrogen-bond donors (Lipinski definition) is 0. The topological polar surface area (TPSA) is 26.3 Å². The number of rotatable bonds is 9. The molecule has 176 valence electrons. The first kappa shape index (κ1) is 25.4. The van der Waals surface area contributed by atoms with Crippen molar-refractivity contribution in [3.05, 3.63) is 64.2 Å². The average molecular weight is 463 g/mol. The van der Waals surface area contributed by atoms with Gasteiger partial charge in [0.25, 0.3) is 0 Å². The van der Waals surface area contributed by atoms with Crippen molar-refractivity contribution < 1.29 is 9.53 Å². The predicted molar refractivity (Wildman–Crippen MR) is 140 cm³/mol. The molecule has 1 heterocycles. The number of fused-ring (bicyclic) bond motifs is 1. The molecule has 0 bridgehead atoms. The standard InChI is InChI=1S/C30H38O2S/c1-5-9-10-11-12-25-22-28-27(30(6-2,7-3)19-20-33-28)21-26(25)18-15-23-13-16-24(17-14-23)29(31)32-8-4/h13-14,16-17,21-22H,5-12,19-20H2,1-4H3. The molecule has 0 aliphatic carbocycles. The molecule has 0 fully saturated rings. The van der Waals surface area contributed by atoms with Gasteiger partial charge in [0.2, 0.25) is 0 Å². The molecule has 33 heavy (non-hydrogen) atoms. The molecule has 0 saturated carbocycles. The minimum Gasteiger partial charge on any atom is -0.462 e. The van der Waals surface area contributed by atoms with Gasteiger partial charge in [0.05, 0.1) is 12.2 Å². The molecule has 1 aliphatic heterocycles. The molecule has 3 heteroatoms. The van der Waals surface area contributed by atoms with Crippen molar-refractivity contribution in [3.8, 4) is 11.8 Å². The maximum atomic E-state index is 11.9. The summed E-state index contributed by atoms with van der Waals surface area (Å²) in [5, 5.41) is 0. The smallest absolute Gasteiger partial charge is 0.338 e. The lowest BCUT2D eigenvalue weighted by Crippen LogP contribution is -2.29. The Morgan fingerprint density at radius 3 is 2.42 bits per heavy atom. The summed E-state index contributed by atoms with van der Waals surface area (Å²) < 4.78 is 5.08. The van der Waals surface area contributed by atoms with Crippen molar-refractivity contribution >= 4 is 17.7 Å². The van der Waals surface area contributed by atoms with Gasteiger partial charge in [-0.2, -0.15) is 0 Å². The zero-order valence-electron chi connectivity index (χ0n) is 20.8. The minimum atomic E-state index is -0.283. The summed E-state index contributed by atoms with van der Waals surface area (Å²) in [5.41, 5.74) is 5.83. The van der Waals surface area contributed by atoms with E-state index in [-0.39, 0.29) is 11.4 Å². The fraction of sp³-hybridized carbons (Fsp3) is 0.500. The highest BCUT2D eigenvalue weighted by Gasteiger charge is 2.34. The van der Waals surface area contributed by atoms with Crippen molar-refractivity contribution in [3.63, 3.8) is 0 Å². The number of aryl methyl sites for hydroxylation is 1. The molecule has 0 spiro atoms. The van der Waals surface area contributed by atoms with Crippen LogP contribution in [0.4, 0.5) is 0 Å². The van der Waals surface area contributed by atoms with Crippen LogP contribution in [0, 0.1) is 11.8 Å². The van der Waals surface area contributed by atoms with Gasteiger partial charge >= 0.3 is 5.97 Å². The molecule has 2 aromatic rings. The summed E-state index contributed by atoms with van der Waals surface area (Å²) >= 11 is 2.02. The van der Waals surface area contributed by atoms with E-state index in [0.717, 1.165) is 12.0 Å². The van der Waals surface area contributed by atoms with Crippen molar-refractivity contribution in [2.45, 2.75) is 89.4 Å². The Kier molecular flexibility index (Phi) is 9.51. The fourth-order valence-electron chi connectivity index (χ4n) is 4.74. The van der Waals surface area contributed by atoms with Crippen LogP contribution in [0.3, 0.4) is 0 Å². The highest BCUT2D eigenvalue weighted by molar-refractivity contribution is 7.99. The Morgan fingerprint density at radius 2 is 1.76 bits per heavy atom. The Morgan fingerprint density at radius 1 is 1.00 bits per heavy atom. The van der Waals surface area contributed by atoms with Crippen molar-refractivity contribution in [1.29, 1.82) is 0 Å². The highest BCUT2D eigenvalue weighted by Crippen LogP contribution is 2.47. The normalized spacial score (nSPS) is 14.2. The van der Waals surface area contributed by atoms with E-state index in [0.29, 0.717) is 12.2 Å².